The third-order valence-electron chi connectivity index (χ3n) is 9.09. The first-order valence-electron chi connectivity index (χ1n) is 16.5. The van der Waals surface area contributed by atoms with Gasteiger partial charge in [-0.1, -0.05) is 84.6 Å². The van der Waals surface area contributed by atoms with E-state index in [2.05, 4.69) is 71.1 Å². The summed E-state index contributed by atoms with van der Waals surface area (Å²) in [6.45, 7) is 9.58. The molecule has 3 aromatic carbocycles. The van der Waals surface area contributed by atoms with Gasteiger partial charge >= 0.3 is 0 Å². The van der Waals surface area contributed by atoms with Crippen molar-refractivity contribution in [2.45, 2.75) is 25.3 Å². The average molecular weight is 682 g/mol. The lowest BCUT2D eigenvalue weighted by atomic mass is 10.0. The van der Waals surface area contributed by atoms with Gasteiger partial charge < -0.3 is 14.7 Å². The minimum absolute atomic E-state index is 0.0672. The fourth-order valence-corrected chi connectivity index (χ4v) is 9.24. The molecule has 2 aliphatic rings. The Balaban J connectivity index is 1.03. The number of aryl methyl sites for hydroxylation is 2. The van der Waals surface area contributed by atoms with Crippen LogP contribution in [0.3, 0.4) is 0 Å². The fraction of sp³-hybridized carbons (Fsp3) is 0.316. The van der Waals surface area contributed by atoms with Gasteiger partial charge in [0.25, 0.3) is 0 Å². The molecular formula is C38H43N5O3S2. The van der Waals surface area contributed by atoms with Crippen LogP contribution in [0.25, 0.3) is 17.2 Å². The second-order valence-electron chi connectivity index (χ2n) is 12.3. The molecule has 0 unspecified atom stereocenters. The Morgan fingerprint density at radius 3 is 2.04 bits per heavy atom. The van der Waals surface area contributed by atoms with Crippen molar-refractivity contribution in [3.63, 3.8) is 0 Å². The maximum Gasteiger partial charge on any atom is 0.226 e. The van der Waals surface area contributed by atoms with Crippen molar-refractivity contribution in [3.8, 4) is 11.1 Å². The molecule has 0 saturated carbocycles. The molecule has 48 heavy (non-hydrogen) atoms. The number of amides is 1. The van der Waals surface area contributed by atoms with E-state index < -0.39 is 10.0 Å². The summed E-state index contributed by atoms with van der Waals surface area (Å²) in [6, 6.07) is 28.5. The molecule has 0 radical (unpaired) electrons. The number of aromatic nitrogens is 1. The monoisotopic (exact) mass is 681 g/mol. The minimum Gasteiger partial charge on any atom is -0.369 e. The van der Waals surface area contributed by atoms with E-state index in [0.29, 0.717) is 37.6 Å². The van der Waals surface area contributed by atoms with Crippen molar-refractivity contribution >= 4 is 45.1 Å². The van der Waals surface area contributed by atoms with E-state index in [1.54, 1.807) is 10.5 Å². The summed E-state index contributed by atoms with van der Waals surface area (Å²) in [7, 11) is -3.47. The van der Waals surface area contributed by atoms with Crippen LogP contribution in [0.2, 0.25) is 0 Å². The molecule has 8 nitrogen and oxygen atoms in total. The Morgan fingerprint density at radius 2 is 1.40 bits per heavy atom. The zero-order valence-corrected chi connectivity index (χ0v) is 29.3. The van der Waals surface area contributed by atoms with Gasteiger partial charge in [-0.15, -0.1) is 0 Å². The Morgan fingerprint density at radius 1 is 0.771 bits per heavy atom. The predicted octanol–water partition coefficient (Wildman–Crippen LogP) is 6.32. The van der Waals surface area contributed by atoms with Gasteiger partial charge in [-0.25, -0.2) is 13.4 Å². The molecule has 2 fully saturated rings. The third kappa shape index (κ3) is 8.11. The number of carbonyl (C=O) groups excluding carboxylic acids is 1. The van der Waals surface area contributed by atoms with Gasteiger partial charge in [0.05, 0.1) is 0 Å². The maximum absolute atomic E-state index is 13.4. The van der Waals surface area contributed by atoms with Crippen LogP contribution in [0, 0.1) is 13.8 Å². The highest BCUT2D eigenvalue weighted by molar-refractivity contribution is 8.11. The number of para-hydroxylation sites is 2. The molecule has 1 amide bonds. The predicted molar refractivity (Wildman–Crippen MR) is 198 cm³/mol. The molecule has 6 rings (SSSR count). The summed E-state index contributed by atoms with van der Waals surface area (Å²) in [5, 5.41) is 0.614. The molecule has 3 heterocycles. The number of anilines is 2. The summed E-state index contributed by atoms with van der Waals surface area (Å²) in [4.78, 5) is 24.1. The second kappa shape index (κ2) is 15.4. The van der Waals surface area contributed by atoms with E-state index in [1.165, 1.54) is 34.3 Å². The van der Waals surface area contributed by atoms with Crippen LogP contribution >= 0.6 is 11.8 Å². The number of sulfonamides is 1. The van der Waals surface area contributed by atoms with Crippen molar-refractivity contribution in [2.75, 3.05) is 67.2 Å². The number of thioether (sulfide) groups is 1. The first kappa shape index (κ1) is 33.8. The Hall–Kier alpha value is -4.12. The molecular weight excluding hydrogens is 639 g/mol. The van der Waals surface area contributed by atoms with Gasteiger partial charge in [-0.05, 0) is 60.4 Å². The lowest BCUT2D eigenvalue weighted by Gasteiger charge is -2.36. The van der Waals surface area contributed by atoms with E-state index in [-0.39, 0.29) is 11.0 Å². The van der Waals surface area contributed by atoms with Crippen molar-refractivity contribution < 1.29 is 13.2 Å². The second-order valence-corrected chi connectivity index (χ2v) is 15.6. The quantitative estimate of drug-likeness (QED) is 0.182. The molecule has 4 aromatic rings. The minimum atomic E-state index is -3.47. The fourth-order valence-electron chi connectivity index (χ4n) is 6.41. The first-order chi connectivity index (χ1) is 23.3. The summed E-state index contributed by atoms with van der Waals surface area (Å²) in [6.07, 6.45) is 5.96. The highest BCUT2D eigenvalue weighted by atomic mass is 32.3. The van der Waals surface area contributed by atoms with E-state index in [0.717, 1.165) is 42.9 Å². The standard InChI is InChI=1S/C38H43N5O3S2/c1-30-10-3-5-16-35(30)40-20-22-42(23-21-40)37(44)18-8-13-32-12-7-14-33(28-32)34-15-9-19-39-38(34)47-29-48(45,46)43-26-24-41(25-27-43)36-17-6-4-11-31(36)2/h3-17,19,28H,18,20-27,29H2,1-2H3/b13-8+. The number of rotatable bonds is 10. The number of piperazine rings is 2. The van der Waals surface area contributed by atoms with Crippen LogP contribution in [-0.2, 0) is 14.8 Å². The number of pyridine rings is 1. The summed E-state index contributed by atoms with van der Waals surface area (Å²) >= 11 is 1.26. The summed E-state index contributed by atoms with van der Waals surface area (Å²) < 4.78 is 28.3. The lowest BCUT2D eigenvalue weighted by Crippen LogP contribution is -2.49. The van der Waals surface area contributed by atoms with Gasteiger partial charge in [-0.3, -0.25) is 4.79 Å². The number of nitrogens with zero attached hydrogens (tertiary/aromatic N) is 5. The average Bonchev–Trinajstić information content (AvgIpc) is 3.11. The molecule has 2 saturated heterocycles. The van der Waals surface area contributed by atoms with Crippen molar-refractivity contribution in [2.24, 2.45) is 0 Å². The van der Waals surface area contributed by atoms with Crippen molar-refractivity contribution in [3.05, 3.63) is 114 Å². The molecule has 0 bridgehead atoms. The first-order valence-corrected chi connectivity index (χ1v) is 19.1. The third-order valence-corrected chi connectivity index (χ3v) is 12.5. The molecule has 0 N–H and O–H groups in total. The highest BCUT2D eigenvalue weighted by Gasteiger charge is 2.28. The van der Waals surface area contributed by atoms with Crippen molar-refractivity contribution in [1.29, 1.82) is 0 Å². The van der Waals surface area contributed by atoms with Crippen LogP contribution in [-0.4, -0.2) is 86.0 Å². The molecule has 0 atom stereocenters. The molecule has 1 aromatic heterocycles. The Labute approximate surface area is 289 Å². The molecule has 0 aliphatic carbocycles. The number of hydrogen-bond donors (Lipinski definition) is 0. The van der Waals surface area contributed by atoms with Crippen LogP contribution < -0.4 is 9.80 Å². The molecule has 2 aliphatic heterocycles. The molecule has 10 heteroatoms. The molecule has 0 spiro atoms. The number of carbonyl (C=O) groups is 1. The molecule has 250 valence electrons. The lowest BCUT2D eigenvalue weighted by molar-refractivity contribution is -0.130. The Bertz CT molecular complexity index is 1860. The smallest absolute Gasteiger partial charge is 0.226 e. The number of benzene rings is 3. The van der Waals surface area contributed by atoms with E-state index in [9.17, 15) is 13.2 Å². The van der Waals surface area contributed by atoms with Gasteiger partial charge in [0.1, 0.15) is 10.1 Å². The van der Waals surface area contributed by atoms with Crippen molar-refractivity contribution in [1.82, 2.24) is 14.2 Å². The van der Waals surface area contributed by atoms with Gasteiger partial charge in [-0.2, -0.15) is 4.31 Å². The highest BCUT2D eigenvalue weighted by Crippen LogP contribution is 2.32. The van der Waals surface area contributed by atoms with E-state index >= 15 is 0 Å². The van der Waals surface area contributed by atoms with Crippen LogP contribution in [0.15, 0.2) is 102 Å². The van der Waals surface area contributed by atoms with Gasteiger partial charge in [0.15, 0.2) is 0 Å². The van der Waals surface area contributed by atoms with Gasteiger partial charge in [0, 0.05) is 81.9 Å². The van der Waals surface area contributed by atoms with Crippen LogP contribution in [0.5, 0.6) is 0 Å². The topological polar surface area (TPSA) is 77.1 Å². The largest absolute Gasteiger partial charge is 0.369 e. The Kier molecular flexibility index (Phi) is 10.8. The number of hydrogen-bond acceptors (Lipinski definition) is 7. The normalized spacial score (nSPS) is 16.1. The zero-order valence-electron chi connectivity index (χ0n) is 27.7. The summed E-state index contributed by atoms with van der Waals surface area (Å²) in [5.74, 6) is 0.135. The van der Waals surface area contributed by atoms with Crippen LogP contribution in [0.4, 0.5) is 11.4 Å². The van der Waals surface area contributed by atoms with E-state index in [4.69, 9.17) is 0 Å². The maximum atomic E-state index is 13.4. The zero-order chi connectivity index (χ0) is 33.5. The van der Waals surface area contributed by atoms with Gasteiger partial charge in [0.2, 0.25) is 15.9 Å². The van der Waals surface area contributed by atoms with Crippen LogP contribution in [0.1, 0.15) is 23.1 Å². The summed E-state index contributed by atoms with van der Waals surface area (Å²) in [5.41, 5.74) is 7.68. The SMILES string of the molecule is Cc1ccccc1N1CCN(C(=O)C/C=C/c2cccc(-c3cccnc3SCS(=O)(=O)N3CCN(c4ccccc4C)CC3)c2)CC1. The van der Waals surface area contributed by atoms with E-state index in [1.807, 2.05) is 59.5 Å².